The Balaban J connectivity index is 1.58. The molecule has 5 rings (SSSR count). The van der Waals surface area contributed by atoms with E-state index in [0.717, 1.165) is 63.5 Å². The molecule has 6 nitrogen and oxygen atoms in total. The van der Waals surface area contributed by atoms with Crippen LogP contribution in [0.4, 0.5) is 0 Å². The molecular formula is C23H21BrN4O2S. The number of aryl methyl sites for hydroxylation is 1. The Hall–Kier alpha value is -2.55. The number of rotatable bonds is 4. The van der Waals surface area contributed by atoms with E-state index in [4.69, 9.17) is 15.2 Å². The number of benzene rings is 1. The van der Waals surface area contributed by atoms with Crippen LogP contribution in [0.3, 0.4) is 0 Å². The summed E-state index contributed by atoms with van der Waals surface area (Å²) in [5.41, 5.74) is 6.95. The lowest BCUT2D eigenvalue weighted by atomic mass is 9.79. The summed E-state index contributed by atoms with van der Waals surface area (Å²) in [4.78, 5) is 21.5. The smallest absolute Gasteiger partial charge is 0.274 e. The zero-order valence-electron chi connectivity index (χ0n) is 16.9. The van der Waals surface area contributed by atoms with Crippen molar-refractivity contribution in [3.8, 4) is 11.4 Å². The Bertz CT molecular complexity index is 1270. The third-order valence-electron chi connectivity index (χ3n) is 6.17. The van der Waals surface area contributed by atoms with Crippen molar-refractivity contribution in [2.75, 3.05) is 0 Å². The number of pyridine rings is 1. The van der Waals surface area contributed by atoms with Crippen molar-refractivity contribution in [1.29, 1.82) is 0 Å². The van der Waals surface area contributed by atoms with Gasteiger partial charge in [-0.1, -0.05) is 25.0 Å². The zero-order chi connectivity index (χ0) is 21.6. The SMILES string of the molecule is Cc1nc2ccc(Br)cn2c1-c1csc(C2(c3ccc(C(=O)NO)cc3)CCCC2)n1. The van der Waals surface area contributed by atoms with E-state index in [9.17, 15) is 4.79 Å². The number of hydroxylamine groups is 1. The van der Waals surface area contributed by atoms with E-state index in [0.29, 0.717) is 5.56 Å². The predicted molar refractivity (Wildman–Crippen MR) is 124 cm³/mol. The van der Waals surface area contributed by atoms with E-state index in [2.05, 4.69) is 25.7 Å². The minimum absolute atomic E-state index is 0.147. The molecule has 0 saturated heterocycles. The zero-order valence-corrected chi connectivity index (χ0v) is 19.3. The second-order valence-electron chi connectivity index (χ2n) is 7.97. The average molecular weight is 497 g/mol. The number of aromatic nitrogens is 3. The number of halogens is 1. The normalized spacial score (nSPS) is 15.5. The number of hydrogen-bond acceptors (Lipinski definition) is 5. The maximum Gasteiger partial charge on any atom is 0.274 e. The van der Waals surface area contributed by atoms with E-state index in [1.807, 2.05) is 37.4 Å². The second kappa shape index (κ2) is 7.85. The number of fused-ring (bicyclic) bond motifs is 1. The molecule has 1 aliphatic rings. The number of nitrogens with one attached hydrogen (secondary N) is 1. The van der Waals surface area contributed by atoms with Crippen molar-refractivity contribution >= 4 is 38.8 Å². The number of nitrogens with zero attached hydrogens (tertiary/aromatic N) is 3. The molecule has 8 heteroatoms. The highest BCUT2D eigenvalue weighted by atomic mass is 79.9. The van der Waals surface area contributed by atoms with E-state index in [1.54, 1.807) is 28.9 Å². The summed E-state index contributed by atoms with van der Waals surface area (Å²) in [6, 6.07) is 11.5. The van der Waals surface area contributed by atoms with Crippen LogP contribution in [0.15, 0.2) is 52.4 Å². The van der Waals surface area contributed by atoms with E-state index < -0.39 is 5.91 Å². The molecule has 0 radical (unpaired) electrons. The van der Waals surface area contributed by atoms with Gasteiger partial charge in [0.1, 0.15) is 16.3 Å². The average Bonchev–Trinajstić information content (AvgIpc) is 3.51. The maximum atomic E-state index is 11.7. The Morgan fingerprint density at radius 2 is 1.90 bits per heavy atom. The fourth-order valence-electron chi connectivity index (χ4n) is 4.66. The monoisotopic (exact) mass is 496 g/mol. The molecule has 31 heavy (non-hydrogen) atoms. The van der Waals surface area contributed by atoms with Gasteiger partial charge in [0.15, 0.2) is 0 Å². The minimum Gasteiger partial charge on any atom is -0.297 e. The summed E-state index contributed by atoms with van der Waals surface area (Å²) >= 11 is 5.25. The Kier molecular flexibility index (Phi) is 5.16. The molecule has 1 saturated carbocycles. The molecule has 3 aromatic heterocycles. The number of thiazole rings is 1. The van der Waals surface area contributed by atoms with Gasteiger partial charge < -0.3 is 0 Å². The molecule has 1 fully saturated rings. The molecule has 0 aliphatic heterocycles. The van der Waals surface area contributed by atoms with Gasteiger partial charge in [-0.2, -0.15) is 0 Å². The summed E-state index contributed by atoms with van der Waals surface area (Å²) < 4.78 is 3.08. The number of carbonyl (C=O) groups excluding carboxylic acids is 1. The van der Waals surface area contributed by atoms with Gasteiger partial charge in [0.25, 0.3) is 5.91 Å². The van der Waals surface area contributed by atoms with Crippen molar-refractivity contribution in [2.45, 2.75) is 38.0 Å². The largest absolute Gasteiger partial charge is 0.297 e. The highest BCUT2D eigenvalue weighted by Crippen LogP contribution is 2.48. The van der Waals surface area contributed by atoms with Crippen molar-refractivity contribution in [3.05, 3.63) is 74.3 Å². The first-order valence-corrected chi connectivity index (χ1v) is 11.8. The molecule has 0 unspecified atom stereocenters. The summed E-state index contributed by atoms with van der Waals surface area (Å²) in [7, 11) is 0. The fraction of sp³-hybridized carbons (Fsp3) is 0.261. The lowest BCUT2D eigenvalue weighted by Crippen LogP contribution is -2.24. The molecule has 0 spiro atoms. The van der Waals surface area contributed by atoms with Crippen LogP contribution in [-0.2, 0) is 5.41 Å². The third-order valence-corrected chi connectivity index (χ3v) is 7.69. The summed E-state index contributed by atoms with van der Waals surface area (Å²) in [5, 5.41) is 12.1. The number of imidazole rings is 1. The third kappa shape index (κ3) is 3.39. The van der Waals surface area contributed by atoms with Crippen LogP contribution in [-0.4, -0.2) is 25.5 Å². The number of carbonyl (C=O) groups is 1. The first-order chi connectivity index (χ1) is 15.0. The van der Waals surface area contributed by atoms with Crippen LogP contribution in [0.1, 0.15) is 52.3 Å². The number of amides is 1. The van der Waals surface area contributed by atoms with Crippen molar-refractivity contribution in [1.82, 2.24) is 19.8 Å². The van der Waals surface area contributed by atoms with Crippen LogP contribution in [0, 0.1) is 6.92 Å². The van der Waals surface area contributed by atoms with E-state index in [-0.39, 0.29) is 5.41 Å². The van der Waals surface area contributed by atoms with Gasteiger partial charge in [0, 0.05) is 27.0 Å². The first kappa shape index (κ1) is 20.4. The van der Waals surface area contributed by atoms with Gasteiger partial charge in [0.05, 0.1) is 11.4 Å². The maximum absolute atomic E-state index is 11.7. The highest BCUT2D eigenvalue weighted by molar-refractivity contribution is 9.10. The van der Waals surface area contributed by atoms with Crippen LogP contribution in [0.5, 0.6) is 0 Å². The quantitative estimate of drug-likeness (QED) is 0.288. The van der Waals surface area contributed by atoms with Gasteiger partial charge in [-0.3, -0.25) is 14.4 Å². The van der Waals surface area contributed by atoms with Gasteiger partial charge in [-0.15, -0.1) is 11.3 Å². The minimum atomic E-state index is -0.502. The molecule has 0 atom stereocenters. The van der Waals surface area contributed by atoms with Crippen molar-refractivity contribution in [2.24, 2.45) is 0 Å². The number of hydrogen-bond donors (Lipinski definition) is 2. The Labute approximate surface area is 192 Å². The van der Waals surface area contributed by atoms with Crippen LogP contribution in [0.2, 0.25) is 0 Å². The van der Waals surface area contributed by atoms with E-state index >= 15 is 0 Å². The fourth-order valence-corrected chi connectivity index (χ4v) is 6.08. The Morgan fingerprint density at radius 3 is 2.61 bits per heavy atom. The summed E-state index contributed by atoms with van der Waals surface area (Å²) in [6.45, 7) is 2.02. The highest BCUT2D eigenvalue weighted by Gasteiger charge is 2.40. The van der Waals surface area contributed by atoms with Gasteiger partial charge in [-0.25, -0.2) is 15.4 Å². The molecule has 1 aliphatic carbocycles. The molecule has 0 bridgehead atoms. The van der Waals surface area contributed by atoms with Crippen molar-refractivity contribution < 1.29 is 10.0 Å². The first-order valence-electron chi connectivity index (χ1n) is 10.2. The lowest BCUT2D eigenvalue weighted by molar-refractivity contribution is 0.0706. The second-order valence-corrected chi connectivity index (χ2v) is 9.74. The standard InChI is InChI=1S/C23H21BrN4O2S/c1-14-20(28-12-17(24)8-9-19(28)25-14)18-13-31-22(26-18)23(10-2-3-11-23)16-6-4-15(5-7-16)21(29)27-30/h4-9,12-13,30H,2-3,10-11H2,1H3,(H,27,29). The summed E-state index contributed by atoms with van der Waals surface area (Å²) in [5.74, 6) is -0.502. The van der Waals surface area contributed by atoms with E-state index in [1.165, 1.54) is 0 Å². The van der Waals surface area contributed by atoms with Crippen LogP contribution >= 0.6 is 27.3 Å². The summed E-state index contributed by atoms with van der Waals surface area (Å²) in [6.07, 6.45) is 6.39. The van der Waals surface area contributed by atoms with Crippen LogP contribution < -0.4 is 5.48 Å². The molecule has 2 N–H and O–H groups in total. The van der Waals surface area contributed by atoms with Crippen molar-refractivity contribution in [3.63, 3.8) is 0 Å². The Morgan fingerprint density at radius 1 is 1.16 bits per heavy atom. The lowest BCUT2D eigenvalue weighted by Gasteiger charge is -2.27. The molecule has 158 valence electrons. The molecule has 3 heterocycles. The predicted octanol–water partition coefficient (Wildman–Crippen LogP) is 5.51. The van der Waals surface area contributed by atoms with Gasteiger partial charge in [0.2, 0.25) is 0 Å². The van der Waals surface area contributed by atoms with Gasteiger partial charge >= 0.3 is 0 Å². The molecule has 1 aromatic carbocycles. The van der Waals surface area contributed by atoms with Gasteiger partial charge in [-0.05, 0) is 65.5 Å². The molecular weight excluding hydrogens is 476 g/mol. The van der Waals surface area contributed by atoms with Crippen LogP contribution in [0.25, 0.3) is 17.0 Å². The molecule has 1 amide bonds. The topological polar surface area (TPSA) is 79.5 Å². The molecule has 4 aromatic rings.